The third-order valence-electron chi connectivity index (χ3n) is 6.60. The first-order valence-corrected chi connectivity index (χ1v) is 12.6. The number of carbonyl (C=O) groups is 1. The van der Waals surface area contributed by atoms with Crippen LogP contribution in [0.2, 0.25) is 0 Å². The molecule has 1 saturated heterocycles. The quantitative estimate of drug-likeness (QED) is 0.554. The van der Waals surface area contributed by atoms with Crippen molar-refractivity contribution in [2.24, 2.45) is 0 Å². The monoisotopic (exact) mass is 487 g/mol. The third kappa shape index (κ3) is 6.42. The average molecular weight is 488 g/mol. The molecule has 3 rings (SSSR count). The van der Waals surface area contributed by atoms with Crippen LogP contribution in [0, 0.1) is 5.82 Å². The van der Waals surface area contributed by atoms with Crippen molar-refractivity contribution in [3.63, 3.8) is 0 Å². The molecule has 186 valence electrons. The zero-order chi connectivity index (χ0) is 24.2. The van der Waals surface area contributed by atoms with Gasteiger partial charge in [-0.25, -0.2) is 9.18 Å². The Balaban J connectivity index is 1.64. The summed E-state index contributed by atoms with van der Waals surface area (Å²) < 4.78 is 53.4. The Labute approximate surface area is 195 Å². The minimum absolute atomic E-state index is 0.0574. The Kier molecular flexibility index (Phi) is 8.68. The van der Waals surface area contributed by atoms with Gasteiger partial charge in [0.05, 0.1) is 31.4 Å². The maximum Gasteiger partial charge on any atom is 0.408 e. The van der Waals surface area contributed by atoms with Crippen LogP contribution < -0.4 is 4.72 Å². The lowest BCUT2D eigenvalue weighted by Gasteiger charge is -2.33. The highest BCUT2D eigenvalue weighted by molar-refractivity contribution is 7.87. The van der Waals surface area contributed by atoms with Crippen molar-refractivity contribution in [3.05, 3.63) is 35.6 Å². The number of hydrogen-bond donors (Lipinski definition) is 2. The smallest absolute Gasteiger partial charge is 0.408 e. The van der Waals surface area contributed by atoms with Gasteiger partial charge in [-0.05, 0) is 55.7 Å². The second-order valence-corrected chi connectivity index (χ2v) is 10.9. The molecule has 0 aromatic heterocycles. The Hall–Kier alpha value is -1.79. The second kappa shape index (κ2) is 11.1. The zero-order valence-corrected chi connectivity index (χ0v) is 20.1. The first kappa shape index (κ1) is 25.8. The average Bonchev–Trinajstić information content (AvgIpc) is 3.09. The Morgan fingerprint density at radius 2 is 1.94 bits per heavy atom. The van der Waals surface area contributed by atoms with Crippen molar-refractivity contribution in [3.8, 4) is 0 Å². The van der Waals surface area contributed by atoms with Crippen LogP contribution in [-0.2, 0) is 19.7 Å². The summed E-state index contributed by atoms with van der Waals surface area (Å²) in [4.78, 5) is 13.3. The molecule has 1 aliphatic carbocycles. The zero-order valence-electron chi connectivity index (χ0n) is 19.3. The van der Waals surface area contributed by atoms with E-state index in [-0.39, 0.29) is 31.1 Å². The summed E-state index contributed by atoms with van der Waals surface area (Å²) >= 11 is 0. The van der Waals surface area contributed by atoms with Gasteiger partial charge in [0.25, 0.3) is 10.2 Å². The minimum Gasteiger partial charge on any atom is -0.465 e. The molecule has 1 aromatic rings. The molecule has 0 unspecified atom stereocenters. The molecule has 0 spiro atoms. The van der Waals surface area contributed by atoms with Crippen molar-refractivity contribution in [2.45, 2.75) is 62.3 Å². The summed E-state index contributed by atoms with van der Waals surface area (Å²) in [7, 11) is 0.572. The summed E-state index contributed by atoms with van der Waals surface area (Å²) in [6, 6.07) is 4.91. The van der Waals surface area contributed by atoms with Crippen molar-refractivity contribution >= 4 is 16.3 Å². The molecule has 1 amide bonds. The van der Waals surface area contributed by atoms with E-state index in [2.05, 4.69) is 4.72 Å². The number of carboxylic acid groups (broad SMARTS) is 1. The summed E-state index contributed by atoms with van der Waals surface area (Å²) in [5.74, 6) is 0.0333. The van der Waals surface area contributed by atoms with Crippen molar-refractivity contribution < 1.29 is 32.2 Å². The number of rotatable bonds is 9. The molecule has 9 nitrogen and oxygen atoms in total. The fraction of sp³-hybridized carbons (Fsp3) is 0.682. The molecule has 2 aliphatic rings. The van der Waals surface area contributed by atoms with Crippen molar-refractivity contribution in [2.75, 3.05) is 34.4 Å². The summed E-state index contributed by atoms with van der Waals surface area (Å²) in [5.41, 5.74) is 0.988. The lowest BCUT2D eigenvalue weighted by atomic mass is 9.82. The molecule has 1 saturated carbocycles. The van der Waals surface area contributed by atoms with E-state index < -0.39 is 34.4 Å². The highest BCUT2D eigenvalue weighted by Gasteiger charge is 2.46. The highest BCUT2D eigenvalue weighted by atomic mass is 32.2. The number of hydrogen-bond acceptors (Lipinski definition) is 5. The van der Waals surface area contributed by atoms with Gasteiger partial charge in [0, 0.05) is 27.2 Å². The van der Waals surface area contributed by atoms with Crippen LogP contribution in [0.15, 0.2) is 24.3 Å². The molecule has 0 bridgehead atoms. The molecule has 11 heteroatoms. The van der Waals surface area contributed by atoms with Gasteiger partial charge in [0.2, 0.25) is 0 Å². The predicted octanol–water partition coefficient (Wildman–Crippen LogP) is 2.40. The Morgan fingerprint density at radius 3 is 2.52 bits per heavy atom. The number of methoxy groups -OCH3 is 1. The Bertz CT molecular complexity index is 907. The van der Waals surface area contributed by atoms with Crippen LogP contribution in [-0.4, -0.2) is 87.5 Å². The first-order valence-electron chi connectivity index (χ1n) is 11.2. The van der Waals surface area contributed by atoms with Crippen LogP contribution in [0.3, 0.4) is 0 Å². The molecular weight excluding hydrogens is 453 g/mol. The van der Waals surface area contributed by atoms with Crippen LogP contribution in [0.5, 0.6) is 0 Å². The maximum atomic E-state index is 13.5. The van der Waals surface area contributed by atoms with Crippen LogP contribution in [0.25, 0.3) is 0 Å². The van der Waals surface area contributed by atoms with E-state index >= 15 is 0 Å². The number of ether oxygens (including phenoxy) is 2. The van der Waals surface area contributed by atoms with Gasteiger partial charge in [0.1, 0.15) is 5.82 Å². The van der Waals surface area contributed by atoms with Gasteiger partial charge < -0.3 is 14.6 Å². The number of halogens is 1. The second-order valence-electron chi connectivity index (χ2n) is 8.98. The van der Waals surface area contributed by atoms with E-state index in [4.69, 9.17) is 9.47 Å². The van der Waals surface area contributed by atoms with Crippen LogP contribution >= 0.6 is 0 Å². The van der Waals surface area contributed by atoms with Gasteiger partial charge in [-0.15, -0.1) is 0 Å². The first-order chi connectivity index (χ1) is 15.6. The molecule has 3 atom stereocenters. The van der Waals surface area contributed by atoms with E-state index in [9.17, 15) is 22.7 Å². The molecular formula is C22H34FN3O6S. The van der Waals surface area contributed by atoms with Gasteiger partial charge in [-0.1, -0.05) is 12.1 Å². The normalized spacial score (nSPS) is 28.4. The molecule has 1 aromatic carbocycles. The van der Waals surface area contributed by atoms with Gasteiger partial charge in [-0.3, -0.25) is 4.90 Å². The summed E-state index contributed by atoms with van der Waals surface area (Å²) in [6.07, 6.45) is 2.36. The summed E-state index contributed by atoms with van der Waals surface area (Å²) in [5, 5.41) is 9.82. The van der Waals surface area contributed by atoms with E-state index in [1.807, 2.05) is 6.07 Å². The van der Waals surface area contributed by atoms with Gasteiger partial charge in [0.15, 0.2) is 0 Å². The SMILES string of the molecule is COC[C@@H]1C[C@H](NS(=O)(=O)N(C)C)[C@H](CO[C@H]2CC[C@@H](c3cccc(F)c3)CC2)N1C(=O)O. The lowest BCUT2D eigenvalue weighted by Crippen LogP contribution is -2.52. The minimum atomic E-state index is -3.75. The fourth-order valence-corrected chi connectivity index (χ4v) is 5.69. The number of nitrogens with zero attached hydrogens (tertiary/aromatic N) is 2. The molecule has 2 fully saturated rings. The third-order valence-corrected chi connectivity index (χ3v) is 8.16. The molecule has 1 heterocycles. The highest BCUT2D eigenvalue weighted by Crippen LogP contribution is 2.35. The van der Waals surface area contributed by atoms with Crippen LogP contribution in [0.1, 0.15) is 43.6 Å². The topological polar surface area (TPSA) is 108 Å². The fourth-order valence-electron chi connectivity index (χ4n) is 4.85. The molecule has 1 aliphatic heterocycles. The van der Waals surface area contributed by atoms with Gasteiger partial charge >= 0.3 is 6.09 Å². The number of likely N-dealkylation sites (tertiary alicyclic amines) is 1. The van der Waals surface area contributed by atoms with Crippen LogP contribution in [0.4, 0.5) is 9.18 Å². The van der Waals surface area contributed by atoms with Crippen molar-refractivity contribution in [1.82, 2.24) is 13.9 Å². The maximum absolute atomic E-state index is 13.5. The number of amides is 1. The lowest BCUT2D eigenvalue weighted by molar-refractivity contribution is -0.0114. The molecule has 2 N–H and O–H groups in total. The van der Waals surface area contributed by atoms with E-state index in [1.54, 1.807) is 12.1 Å². The predicted molar refractivity (Wildman–Crippen MR) is 121 cm³/mol. The number of nitrogens with one attached hydrogen (secondary N) is 1. The standard InChI is InChI=1S/C22H34FN3O6S/c1-25(2)33(29,30)24-20-12-18(13-31-3)26(22(27)28)21(20)14-32-19-9-7-15(8-10-19)16-5-4-6-17(23)11-16/h4-6,11,15,18-21,24H,7-10,12-14H2,1-3H3,(H,27,28)/t15-,18-,19+,20-,21-/m0/s1. The molecule has 0 radical (unpaired) electrons. The number of benzene rings is 1. The van der Waals surface area contributed by atoms with E-state index in [0.29, 0.717) is 6.42 Å². The van der Waals surface area contributed by atoms with E-state index in [0.717, 1.165) is 35.6 Å². The summed E-state index contributed by atoms with van der Waals surface area (Å²) in [6.45, 7) is 0.254. The van der Waals surface area contributed by atoms with E-state index in [1.165, 1.54) is 32.2 Å². The molecule has 33 heavy (non-hydrogen) atoms. The van der Waals surface area contributed by atoms with Crippen molar-refractivity contribution in [1.29, 1.82) is 0 Å². The largest absolute Gasteiger partial charge is 0.465 e. The van der Waals surface area contributed by atoms with Gasteiger partial charge in [-0.2, -0.15) is 17.4 Å². The Morgan fingerprint density at radius 1 is 1.24 bits per heavy atom.